The molecule has 0 spiro atoms. The van der Waals surface area contributed by atoms with E-state index in [4.69, 9.17) is 31.5 Å². The molecule has 2 bridgehead atoms. The third-order valence-corrected chi connectivity index (χ3v) is 3.07. The molecule has 0 saturated carbocycles. The van der Waals surface area contributed by atoms with Gasteiger partial charge in [-0.15, -0.1) is 0 Å². The van der Waals surface area contributed by atoms with E-state index in [1.54, 1.807) is 0 Å². The molecule has 1 aromatic carbocycles. The van der Waals surface area contributed by atoms with Crippen molar-refractivity contribution < 1.29 is 36.3 Å². The molecule has 0 unspecified atom stereocenters. The number of carbonyl (C=O) groups is 1. The number of nitrogens with one attached hydrogen (secondary N) is 1. The van der Waals surface area contributed by atoms with E-state index in [1.807, 2.05) is 0 Å². The highest BCUT2D eigenvalue weighted by Gasteiger charge is 2.36. The maximum absolute atomic E-state index is 13.8. The van der Waals surface area contributed by atoms with Crippen LogP contribution in [0.25, 0.3) is 10.9 Å². The summed E-state index contributed by atoms with van der Waals surface area (Å²) in [4.78, 5) is 13.0. The van der Waals surface area contributed by atoms with Gasteiger partial charge in [-0.2, -0.15) is 5.10 Å². The minimum absolute atomic E-state index is 0.0186. The molecule has 2 aliphatic rings. The van der Waals surface area contributed by atoms with Crippen LogP contribution in [-0.2, 0) is 6.98 Å². The number of para-hydroxylation sites is 1. The molecule has 23 heavy (non-hydrogen) atoms. The molecule has 122 valence electrons. The number of piperidine rings is 2. The lowest BCUT2D eigenvalue weighted by Crippen LogP contribution is -2.55. The molecule has 0 aliphatic carbocycles. The summed E-state index contributed by atoms with van der Waals surface area (Å²) in [5.41, 5.74) is -2.16. The Morgan fingerprint density at radius 2 is 2.17 bits per heavy atom. The second-order valence-electron chi connectivity index (χ2n) is 4.47. The van der Waals surface area contributed by atoms with Gasteiger partial charge in [0, 0.05) is 55.1 Å². The number of rotatable bonds is 2. The minimum atomic E-state index is -4.44. The molecule has 0 radical (unpaired) electrons. The highest BCUT2D eigenvalue weighted by atomic mass is 16.2. The van der Waals surface area contributed by atoms with E-state index >= 15 is 0 Å². The van der Waals surface area contributed by atoms with Crippen molar-refractivity contribution in [3.63, 3.8) is 0 Å². The lowest BCUT2D eigenvalue weighted by Gasteiger charge is -2.47. The van der Waals surface area contributed by atoms with Crippen LogP contribution in [0.2, 0.25) is 0 Å². The number of aromatic nitrogens is 2. The monoisotopic (exact) mass is 335 g/mol. The second-order valence-corrected chi connectivity index (χ2v) is 4.47. The third kappa shape index (κ3) is 2.53. The van der Waals surface area contributed by atoms with Crippen molar-refractivity contribution in [2.24, 2.45) is 6.98 Å². The topological polar surface area (TPSA) is 50.2 Å². The van der Waals surface area contributed by atoms with E-state index in [0.29, 0.717) is 0 Å². The molecule has 5 heteroatoms. The summed E-state index contributed by atoms with van der Waals surface area (Å²) in [6, 6.07) is -17.1. The van der Waals surface area contributed by atoms with Crippen molar-refractivity contribution in [1.29, 1.82) is 0 Å². The van der Waals surface area contributed by atoms with E-state index in [0.717, 1.165) is 0 Å². The van der Waals surface area contributed by atoms with Crippen LogP contribution < -0.4 is 5.32 Å². The van der Waals surface area contributed by atoms with Crippen LogP contribution in [0.15, 0.2) is 24.2 Å². The maximum Gasteiger partial charge on any atom is 0.272 e. The standard InChI is InChI=1S/C18H24N4O/c1-21-13-6-5-7-14(21)11-12(10-13)19-18(23)17-15-8-3-4-9-16(15)22(2)20-17/h3-4,8-9,12-14H,5-7,10-11H2,1-2H3,(H,19,23)/t13-,14-/m1/s1/i1D3,2D3,3D,4D,5D2,6D2,7D2,8D,9D,10D2,11D2,12D,13D,14D. The number of fused-ring (bicyclic) bond motifs is 3. The quantitative estimate of drug-likeness (QED) is 0.916. The van der Waals surface area contributed by atoms with Crippen molar-refractivity contribution in [1.82, 2.24) is 20.0 Å². The van der Waals surface area contributed by atoms with Crippen molar-refractivity contribution in [2.75, 3.05) is 6.98 Å². The van der Waals surface area contributed by atoms with E-state index in [2.05, 4.69) is 5.10 Å². The zero-order valence-electron chi connectivity index (χ0n) is 34.2. The first-order valence-corrected chi connectivity index (χ1v) is 6.25. The molecule has 4 rings (SSSR count). The molecule has 1 amide bonds. The Balaban J connectivity index is 2.12. The van der Waals surface area contributed by atoms with Gasteiger partial charge in [0.15, 0.2) is 5.69 Å². The number of amides is 1. The average molecular weight is 336 g/mol. The van der Waals surface area contributed by atoms with Gasteiger partial charge in [-0.05, 0) is 38.5 Å². The van der Waals surface area contributed by atoms with Gasteiger partial charge in [-0.25, -0.2) is 0 Å². The number of aryl methyl sites for hydroxylation is 1. The molecular weight excluding hydrogens is 288 g/mol. The molecule has 2 aliphatic heterocycles. The normalized spacial score (nSPS) is 64.3. The van der Waals surface area contributed by atoms with Gasteiger partial charge in [0.1, 0.15) is 0 Å². The fraction of sp³-hybridized carbons (Fsp3) is 0.556. The zero-order valence-corrected chi connectivity index (χ0v) is 11.2. The number of nitrogens with zero attached hydrogens (tertiary/aromatic N) is 3. The first-order chi connectivity index (χ1) is 20.1. The molecule has 2 saturated heterocycles. The fourth-order valence-electron chi connectivity index (χ4n) is 2.05. The van der Waals surface area contributed by atoms with Crippen molar-refractivity contribution in [2.45, 2.75) is 49.9 Å². The summed E-state index contributed by atoms with van der Waals surface area (Å²) in [7, 11) is 0. The molecule has 2 atom stereocenters. The highest BCUT2D eigenvalue weighted by molar-refractivity contribution is 6.04. The van der Waals surface area contributed by atoms with Gasteiger partial charge < -0.3 is 10.2 Å². The van der Waals surface area contributed by atoms with Crippen molar-refractivity contribution >= 4 is 16.8 Å². The lowest BCUT2D eigenvalue weighted by atomic mass is 9.82. The molecule has 2 aromatic rings. The molecule has 5 nitrogen and oxygen atoms in total. The molecule has 1 N–H and O–H groups in total. The predicted molar refractivity (Wildman–Crippen MR) is 90.4 cm³/mol. The predicted octanol–water partition coefficient (Wildman–Crippen LogP) is 2.32. The Labute approximate surface area is 169 Å². The maximum atomic E-state index is 13.8. The van der Waals surface area contributed by atoms with Gasteiger partial charge in [0.05, 0.1) is 12.4 Å². The summed E-state index contributed by atoms with van der Waals surface area (Å²) in [5, 5.41) is 4.02. The Kier molecular flexibility index (Phi) is 0.944. The largest absolute Gasteiger partial charge is 0.348 e. The van der Waals surface area contributed by atoms with E-state index in [-0.39, 0.29) is 4.68 Å². The molecular formula is C18H24N4O. The minimum Gasteiger partial charge on any atom is -0.348 e. The van der Waals surface area contributed by atoms with Crippen LogP contribution in [0.5, 0.6) is 0 Å². The number of carbonyl (C=O) groups excluding carboxylic acids is 1. The summed E-state index contributed by atoms with van der Waals surface area (Å²) < 4.78 is 191. The van der Waals surface area contributed by atoms with E-state index < -0.39 is 115 Å². The Morgan fingerprint density at radius 3 is 2.91 bits per heavy atom. The highest BCUT2D eigenvalue weighted by Crippen LogP contribution is 2.32. The lowest BCUT2D eigenvalue weighted by molar-refractivity contribution is 0.0462. The summed E-state index contributed by atoms with van der Waals surface area (Å²) >= 11 is 0. The van der Waals surface area contributed by atoms with Crippen LogP contribution in [0.1, 0.15) is 73.9 Å². The van der Waals surface area contributed by atoms with Gasteiger partial charge in [-0.1, -0.05) is 24.5 Å². The third-order valence-electron chi connectivity index (χ3n) is 3.07. The Hall–Kier alpha value is -1.88. The summed E-state index contributed by atoms with van der Waals surface area (Å²) in [6.07, 6.45) is -21.7. The number of hydrogen-bond acceptors (Lipinski definition) is 3. The van der Waals surface area contributed by atoms with Crippen molar-refractivity contribution in [3.05, 3.63) is 29.9 Å². The van der Waals surface area contributed by atoms with Crippen molar-refractivity contribution in [3.8, 4) is 0 Å². The fourth-order valence-corrected chi connectivity index (χ4v) is 2.05. The smallest absolute Gasteiger partial charge is 0.272 e. The van der Waals surface area contributed by atoms with Gasteiger partial charge in [-0.3, -0.25) is 9.48 Å². The van der Waals surface area contributed by atoms with Crippen LogP contribution >= 0.6 is 0 Å². The molecule has 2 fully saturated rings. The molecule has 1 aromatic heterocycles. The first kappa shape index (κ1) is 3.85. The number of benzene rings is 1. The Morgan fingerprint density at radius 1 is 1.39 bits per heavy atom. The number of hydrogen-bond donors (Lipinski definition) is 1. The van der Waals surface area contributed by atoms with E-state index in [1.165, 1.54) is 5.32 Å². The van der Waals surface area contributed by atoms with E-state index in [9.17, 15) is 4.79 Å². The van der Waals surface area contributed by atoms with Crippen LogP contribution in [0.4, 0.5) is 0 Å². The van der Waals surface area contributed by atoms with Gasteiger partial charge >= 0.3 is 0 Å². The summed E-state index contributed by atoms with van der Waals surface area (Å²) in [6.45, 7) is -7.45. The van der Waals surface area contributed by atoms with Crippen LogP contribution in [0, 0.1) is 0 Å². The Bertz CT molecular complexity index is 1610. The molecule has 3 heterocycles. The van der Waals surface area contributed by atoms with Gasteiger partial charge in [0.25, 0.3) is 5.91 Å². The zero-order chi connectivity index (χ0) is 36.2. The SMILES string of the molecule is [2H]c1c([2H])c([2H])c2c(c(C(=O)NC3([2H])C([2H])([2H])[C@]4([2H])N(C([2H])([2H])[2H])[C@]([2H])(C([2H])([2H])C([2H])([2H])C4([2H])[2H])C3([2H])[2H])nn2C([2H])([2H])[2H])c1[2H]. The average Bonchev–Trinajstić information content (AvgIpc) is 3.29. The first-order valence-electron chi connectivity index (χ1n) is 17.7. The second kappa shape index (κ2) is 5.64. The summed E-state index contributed by atoms with van der Waals surface area (Å²) in [5.74, 6) is -1.99. The van der Waals surface area contributed by atoms with Gasteiger partial charge in [0.2, 0.25) is 0 Å². The van der Waals surface area contributed by atoms with Crippen LogP contribution in [0.3, 0.4) is 0 Å². The van der Waals surface area contributed by atoms with Crippen LogP contribution in [-0.4, -0.2) is 45.6 Å².